The maximum Gasteiger partial charge on any atom is 0.239 e. The SMILES string of the molecule is CCn1nc(C)cc1CNc1cc(C(C)=O)ccc1NC(=O)CCl. The number of benzene rings is 1. The van der Waals surface area contributed by atoms with Crippen LogP contribution in [0.25, 0.3) is 0 Å². The molecule has 2 rings (SSSR count). The number of carbonyl (C=O) groups excluding carboxylic acids is 2. The number of anilines is 2. The van der Waals surface area contributed by atoms with E-state index in [-0.39, 0.29) is 17.6 Å². The second-order valence-corrected chi connectivity index (χ2v) is 5.71. The summed E-state index contributed by atoms with van der Waals surface area (Å²) in [5.74, 6) is -0.470. The molecule has 0 unspecified atom stereocenters. The zero-order chi connectivity index (χ0) is 17.7. The molecule has 24 heavy (non-hydrogen) atoms. The molecule has 1 heterocycles. The summed E-state index contributed by atoms with van der Waals surface area (Å²) >= 11 is 5.55. The van der Waals surface area contributed by atoms with Crippen LogP contribution >= 0.6 is 11.6 Å². The van der Waals surface area contributed by atoms with E-state index in [0.29, 0.717) is 23.5 Å². The molecular formula is C17H21ClN4O2. The van der Waals surface area contributed by atoms with Gasteiger partial charge in [-0.05, 0) is 45.0 Å². The molecule has 2 N–H and O–H groups in total. The van der Waals surface area contributed by atoms with Crippen LogP contribution in [0.15, 0.2) is 24.3 Å². The Labute approximate surface area is 146 Å². The highest BCUT2D eigenvalue weighted by Gasteiger charge is 2.11. The Balaban J connectivity index is 2.26. The number of nitrogens with one attached hydrogen (secondary N) is 2. The molecule has 7 heteroatoms. The number of carbonyl (C=O) groups is 2. The zero-order valence-electron chi connectivity index (χ0n) is 14.0. The molecule has 0 fully saturated rings. The number of nitrogens with zero attached hydrogens (tertiary/aromatic N) is 2. The van der Waals surface area contributed by atoms with Gasteiger partial charge in [-0.2, -0.15) is 5.10 Å². The summed E-state index contributed by atoms with van der Waals surface area (Å²) in [5, 5.41) is 10.4. The van der Waals surface area contributed by atoms with Crippen molar-refractivity contribution < 1.29 is 9.59 Å². The van der Waals surface area contributed by atoms with Gasteiger partial charge in [0, 0.05) is 12.1 Å². The normalized spacial score (nSPS) is 10.5. The average molecular weight is 349 g/mol. The standard InChI is InChI=1S/C17H21ClN4O2/c1-4-22-14(7-11(2)21-22)10-19-16-8-13(12(3)23)5-6-15(16)20-17(24)9-18/h5-8,19H,4,9-10H2,1-3H3,(H,20,24). The Bertz CT molecular complexity index is 755. The molecule has 0 spiro atoms. The molecule has 0 saturated heterocycles. The van der Waals surface area contributed by atoms with Gasteiger partial charge in [0.15, 0.2) is 5.78 Å². The summed E-state index contributed by atoms with van der Waals surface area (Å²) in [6.07, 6.45) is 0. The highest BCUT2D eigenvalue weighted by molar-refractivity contribution is 6.29. The highest BCUT2D eigenvalue weighted by atomic mass is 35.5. The van der Waals surface area contributed by atoms with Gasteiger partial charge >= 0.3 is 0 Å². The van der Waals surface area contributed by atoms with Gasteiger partial charge in [0.05, 0.1) is 29.3 Å². The minimum atomic E-state index is -0.301. The number of hydrogen-bond donors (Lipinski definition) is 2. The molecule has 0 radical (unpaired) electrons. The van der Waals surface area contributed by atoms with Crippen molar-refractivity contribution in [2.45, 2.75) is 33.9 Å². The molecule has 0 saturated carbocycles. The van der Waals surface area contributed by atoms with Crippen molar-refractivity contribution in [3.8, 4) is 0 Å². The van der Waals surface area contributed by atoms with Crippen LogP contribution in [-0.2, 0) is 17.9 Å². The van der Waals surface area contributed by atoms with E-state index in [1.54, 1.807) is 18.2 Å². The van der Waals surface area contributed by atoms with Crippen molar-refractivity contribution in [2.24, 2.45) is 0 Å². The Morgan fingerprint density at radius 3 is 2.62 bits per heavy atom. The Kier molecular flexibility index (Phi) is 5.98. The molecule has 128 valence electrons. The van der Waals surface area contributed by atoms with Crippen LogP contribution in [0.3, 0.4) is 0 Å². The predicted octanol–water partition coefficient (Wildman–Crippen LogP) is 3.20. The minimum absolute atomic E-state index is 0.0392. The van der Waals surface area contributed by atoms with E-state index in [1.807, 2.05) is 24.6 Å². The smallest absolute Gasteiger partial charge is 0.239 e. The third-order valence-corrected chi connectivity index (χ3v) is 3.81. The van der Waals surface area contributed by atoms with Gasteiger partial charge in [-0.3, -0.25) is 14.3 Å². The van der Waals surface area contributed by atoms with Gasteiger partial charge < -0.3 is 10.6 Å². The van der Waals surface area contributed by atoms with Crippen LogP contribution in [-0.4, -0.2) is 27.4 Å². The fraction of sp³-hybridized carbons (Fsp3) is 0.353. The summed E-state index contributed by atoms with van der Waals surface area (Å²) in [4.78, 5) is 23.2. The molecule has 1 aromatic carbocycles. The average Bonchev–Trinajstić information content (AvgIpc) is 2.93. The third-order valence-electron chi connectivity index (χ3n) is 3.57. The summed E-state index contributed by atoms with van der Waals surface area (Å²) in [5.41, 5.74) is 3.80. The van der Waals surface area contributed by atoms with Gasteiger partial charge in [-0.1, -0.05) is 0 Å². The van der Waals surface area contributed by atoms with Crippen LogP contribution in [0, 0.1) is 6.92 Å². The van der Waals surface area contributed by atoms with Crippen LogP contribution < -0.4 is 10.6 Å². The fourth-order valence-corrected chi connectivity index (χ4v) is 2.47. The van der Waals surface area contributed by atoms with Gasteiger partial charge in [0.2, 0.25) is 5.91 Å². The molecule has 0 aliphatic heterocycles. The summed E-state index contributed by atoms with van der Waals surface area (Å²) in [6.45, 7) is 6.77. The number of hydrogen-bond acceptors (Lipinski definition) is 4. The van der Waals surface area contributed by atoms with E-state index in [0.717, 1.165) is 17.9 Å². The van der Waals surface area contributed by atoms with E-state index in [9.17, 15) is 9.59 Å². The lowest BCUT2D eigenvalue weighted by atomic mass is 10.1. The molecular weight excluding hydrogens is 328 g/mol. The van der Waals surface area contributed by atoms with Gasteiger partial charge in [0.25, 0.3) is 0 Å². The first kappa shape index (κ1) is 18.0. The molecule has 6 nitrogen and oxygen atoms in total. The lowest BCUT2D eigenvalue weighted by Crippen LogP contribution is -2.15. The monoisotopic (exact) mass is 348 g/mol. The molecule has 1 aromatic heterocycles. The molecule has 2 aromatic rings. The van der Waals surface area contributed by atoms with Crippen molar-refractivity contribution in [1.82, 2.24) is 9.78 Å². The number of aromatic nitrogens is 2. The maximum atomic E-state index is 11.6. The largest absolute Gasteiger partial charge is 0.378 e. The van der Waals surface area contributed by atoms with Crippen molar-refractivity contribution in [1.29, 1.82) is 0 Å². The Morgan fingerprint density at radius 2 is 2.00 bits per heavy atom. The molecule has 1 amide bonds. The summed E-state index contributed by atoms with van der Waals surface area (Å²) < 4.78 is 1.91. The van der Waals surface area contributed by atoms with E-state index < -0.39 is 0 Å². The lowest BCUT2D eigenvalue weighted by Gasteiger charge is -2.14. The van der Waals surface area contributed by atoms with Gasteiger partial charge in [0.1, 0.15) is 5.88 Å². The van der Waals surface area contributed by atoms with Crippen molar-refractivity contribution in [2.75, 3.05) is 16.5 Å². The van der Waals surface area contributed by atoms with Gasteiger partial charge in [-0.25, -0.2) is 0 Å². The second-order valence-electron chi connectivity index (χ2n) is 5.44. The van der Waals surface area contributed by atoms with Gasteiger partial charge in [-0.15, -0.1) is 11.6 Å². The van der Waals surface area contributed by atoms with E-state index in [4.69, 9.17) is 11.6 Å². The minimum Gasteiger partial charge on any atom is -0.378 e. The quantitative estimate of drug-likeness (QED) is 0.595. The topological polar surface area (TPSA) is 76.0 Å². The first-order valence-corrected chi connectivity index (χ1v) is 8.26. The van der Waals surface area contributed by atoms with Crippen molar-refractivity contribution >= 4 is 34.7 Å². The third kappa shape index (κ3) is 4.35. The lowest BCUT2D eigenvalue weighted by molar-refractivity contribution is -0.113. The number of aryl methyl sites for hydroxylation is 2. The predicted molar refractivity (Wildman–Crippen MR) is 95.8 cm³/mol. The number of halogens is 1. The van der Waals surface area contributed by atoms with E-state index >= 15 is 0 Å². The number of amides is 1. The number of alkyl halides is 1. The molecule has 0 atom stereocenters. The molecule has 0 aliphatic rings. The second kappa shape index (κ2) is 7.97. The van der Waals surface area contributed by atoms with Crippen LogP contribution in [0.2, 0.25) is 0 Å². The Hall–Kier alpha value is -2.34. The van der Waals surface area contributed by atoms with Crippen LogP contribution in [0.1, 0.15) is 35.6 Å². The maximum absolute atomic E-state index is 11.6. The van der Waals surface area contributed by atoms with Crippen molar-refractivity contribution in [3.63, 3.8) is 0 Å². The summed E-state index contributed by atoms with van der Waals surface area (Å²) in [7, 11) is 0. The van der Waals surface area contributed by atoms with Crippen LogP contribution in [0.4, 0.5) is 11.4 Å². The number of ketones is 1. The van der Waals surface area contributed by atoms with Crippen LogP contribution in [0.5, 0.6) is 0 Å². The molecule has 0 aliphatic carbocycles. The number of Topliss-reactive ketones (excluding diaryl/α,β-unsaturated/α-hetero) is 1. The van der Waals surface area contributed by atoms with E-state index in [2.05, 4.69) is 15.7 Å². The zero-order valence-corrected chi connectivity index (χ0v) is 14.8. The first-order valence-electron chi connectivity index (χ1n) is 7.72. The molecule has 0 bridgehead atoms. The highest BCUT2D eigenvalue weighted by Crippen LogP contribution is 2.24. The first-order chi connectivity index (χ1) is 11.4. The summed E-state index contributed by atoms with van der Waals surface area (Å²) in [6, 6.07) is 7.11. The Morgan fingerprint density at radius 1 is 1.25 bits per heavy atom. The van der Waals surface area contributed by atoms with Crippen molar-refractivity contribution in [3.05, 3.63) is 41.2 Å². The fourth-order valence-electron chi connectivity index (χ4n) is 2.40. The van der Waals surface area contributed by atoms with E-state index in [1.165, 1.54) is 6.92 Å². The number of rotatable bonds is 7.